The number of aliphatic hydroxyl groups is 1. The summed E-state index contributed by atoms with van der Waals surface area (Å²) in [6.07, 6.45) is 6.18. The molecule has 6 heteroatoms. The molecule has 2 heterocycles. The van der Waals surface area contributed by atoms with Gasteiger partial charge in [0.25, 0.3) is 0 Å². The van der Waals surface area contributed by atoms with Crippen LogP contribution in [0.25, 0.3) is 17.0 Å². The highest BCUT2D eigenvalue weighted by atomic mass is 16.5. The van der Waals surface area contributed by atoms with Crippen LogP contribution in [0.1, 0.15) is 63.3 Å². The van der Waals surface area contributed by atoms with Crippen LogP contribution in [0.4, 0.5) is 0 Å². The minimum Gasteiger partial charge on any atom is -0.490 e. The predicted octanol–water partition coefficient (Wildman–Crippen LogP) is 3.71. The summed E-state index contributed by atoms with van der Waals surface area (Å²) in [7, 11) is 0. The summed E-state index contributed by atoms with van der Waals surface area (Å²) in [4.78, 5) is 12.3. The summed E-state index contributed by atoms with van der Waals surface area (Å²) in [5, 5.41) is 10.1. The molecule has 0 amide bonds. The number of hydrogen-bond donors (Lipinski definition) is 2. The number of fused-ring (bicyclic) bond motifs is 3. The van der Waals surface area contributed by atoms with Crippen LogP contribution in [-0.4, -0.2) is 23.9 Å². The zero-order valence-corrected chi connectivity index (χ0v) is 17.0. The Morgan fingerprint density at radius 3 is 2.71 bits per heavy atom. The maximum atomic E-state index is 12.3. The van der Waals surface area contributed by atoms with E-state index in [4.69, 9.17) is 19.6 Å². The Kier molecular flexibility index (Phi) is 5.82. The van der Waals surface area contributed by atoms with Crippen molar-refractivity contribution in [3.63, 3.8) is 0 Å². The third-order valence-corrected chi connectivity index (χ3v) is 4.93. The molecule has 1 unspecified atom stereocenters. The Labute approximate surface area is 164 Å². The van der Waals surface area contributed by atoms with E-state index in [0.717, 1.165) is 29.4 Å². The van der Waals surface area contributed by atoms with Crippen LogP contribution in [0.3, 0.4) is 0 Å². The Morgan fingerprint density at radius 2 is 2.07 bits per heavy atom. The highest BCUT2D eigenvalue weighted by Crippen LogP contribution is 2.48. The monoisotopic (exact) mass is 387 g/mol. The number of benzene rings is 1. The number of ether oxygens (including phenoxy) is 2. The van der Waals surface area contributed by atoms with Crippen molar-refractivity contribution in [2.45, 2.75) is 58.6 Å². The molecule has 2 aromatic rings. The lowest BCUT2D eigenvalue weighted by Crippen LogP contribution is -2.28. The van der Waals surface area contributed by atoms with Gasteiger partial charge in [-0.3, -0.25) is 0 Å². The molecule has 1 atom stereocenters. The van der Waals surface area contributed by atoms with E-state index in [1.807, 2.05) is 32.9 Å². The zero-order valence-electron chi connectivity index (χ0n) is 17.0. The minimum atomic E-state index is -0.512. The third-order valence-electron chi connectivity index (χ3n) is 4.93. The fourth-order valence-corrected chi connectivity index (χ4v) is 3.61. The van der Waals surface area contributed by atoms with Crippen LogP contribution >= 0.6 is 0 Å². The molecule has 0 bridgehead atoms. The second-order valence-electron chi connectivity index (χ2n) is 7.66. The number of aliphatic hydroxyl groups excluding tert-OH is 1. The third kappa shape index (κ3) is 3.66. The molecule has 3 N–H and O–H groups in total. The lowest BCUT2D eigenvalue weighted by molar-refractivity contribution is 0.158. The molecule has 0 radical (unpaired) electrons. The van der Waals surface area contributed by atoms with E-state index >= 15 is 0 Å². The van der Waals surface area contributed by atoms with Crippen molar-refractivity contribution < 1.29 is 19.0 Å². The fraction of sp³-hybridized carbons (Fsp3) is 0.500. The van der Waals surface area contributed by atoms with E-state index in [9.17, 15) is 9.90 Å². The highest BCUT2D eigenvalue weighted by Gasteiger charge is 2.32. The first-order valence-electron chi connectivity index (χ1n) is 9.87. The van der Waals surface area contributed by atoms with Gasteiger partial charge < -0.3 is 24.7 Å². The van der Waals surface area contributed by atoms with Crippen LogP contribution in [0.5, 0.6) is 11.5 Å². The average Bonchev–Trinajstić information content (AvgIpc) is 2.64. The molecular formula is C22H29NO5. The van der Waals surface area contributed by atoms with Gasteiger partial charge in [-0.2, -0.15) is 0 Å². The summed E-state index contributed by atoms with van der Waals surface area (Å²) in [6.45, 7) is 7.94. The van der Waals surface area contributed by atoms with Crippen LogP contribution in [-0.2, 0) is 6.42 Å². The SMILES string of the molecule is CCCc1cc(=O)oc2c(C(N)CC)c(OCCO)c3c(c12)OC(C)(C)C=C3. The molecule has 152 valence electrons. The maximum absolute atomic E-state index is 12.3. The largest absolute Gasteiger partial charge is 0.490 e. The summed E-state index contributed by atoms with van der Waals surface area (Å²) in [5.74, 6) is 1.14. The van der Waals surface area contributed by atoms with Crippen LogP contribution < -0.4 is 20.8 Å². The molecule has 0 spiro atoms. The Hall–Kier alpha value is -2.31. The van der Waals surface area contributed by atoms with Crippen LogP contribution in [0.15, 0.2) is 21.4 Å². The van der Waals surface area contributed by atoms with Crippen molar-refractivity contribution >= 4 is 17.0 Å². The summed E-state index contributed by atoms with van der Waals surface area (Å²) in [5.41, 5.74) is 8.21. The summed E-state index contributed by atoms with van der Waals surface area (Å²) in [6, 6.07) is 1.15. The average molecular weight is 387 g/mol. The number of hydrogen-bond acceptors (Lipinski definition) is 6. The standard InChI is InChI=1S/C22H29NO5/c1-5-7-13-12-16(25)27-21-17(13)20-14(8-9-22(3,4)28-20)19(26-11-10-24)18(21)15(23)6-2/h8-9,12,15,24H,5-7,10-11,23H2,1-4H3. The van der Waals surface area contributed by atoms with Crippen molar-refractivity contribution in [1.29, 1.82) is 0 Å². The molecular weight excluding hydrogens is 358 g/mol. The molecule has 28 heavy (non-hydrogen) atoms. The minimum absolute atomic E-state index is 0.109. The van der Waals surface area contributed by atoms with E-state index in [0.29, 0.717) is 29.1 Å². The topological polar surface area (TPSA) is 94.9 Å². The molecule has 3 rings (SSSR count). The van der Waals surface area contributed by atoms with Gasteiger partial charge in [0.1, 0.15) is 23.7 Å². The van der Waals surface area contributed by atoms with E-state index in [2.05, 4.69) is 6.92 Å². The fourth-order valence-electron chi connectivity index (χ4n) is 3.61. The van der Waals surface area contributed by atoms with Gasteiger partial charge >= 0.3 is 5.63 Å². The first kappa shape index (κ1) is 20.4. The first-order valence-corrected chi connectivity index (χ1v) is 9.87. The first-order chi connectivity index (χ1) is 13.3. The van der Waals surface area contributed by atoms with Gasteiger partial charge in [0.05, 0.1) is 23.1 Å². The van der Waals surface area contributed by atoms with Gasteiger partial charge in [-0.15, -0.1) is 0 Å². The molecule has 0 fully saturated rings. The predicted molar refractivity (Wildman–Crippen MR) is 110 cm³/mol. The number of aryl methyl sites for hydroxylation is 1. The molecule has 0 saturated carbocycles. The molecule has 6 nitrogen and oxygen atoms in total. The van der Waals surface area contributed by atoms with Crippen molar-refractivity contribution in [2.24, 2.45) is 5.73 Å². The molecule has 1 aromatic heterocycles. The van der Waals surface area contributed by atoms with Gasteiger partial charge in [-0.05, 0) is 44.4 Å². The van der Waals surface area contributed by atoms with Crippen LogP contribution in [0, 0.1) is 0 Å². The van der Waals surface area contributed by atoms with E-state index < -0.39 is 11.2 Å². The van der Waals surface area contributed by atoms with E-state index in [1.54, 1.807) is 0 Å². The molecule has 0 aliphatic carbocycles. The van der Waals surface area contributed by atoms with Gasteiger partial charge in [-0.1, -0.05) is 20.3 Å². The van der Waals surface area contributed by atoms with Crippen molar-refractivity contribution in [3.05, 3.63) is 39.3 Å². The van der Waals surface area contributed by atoms with E-state index in [1.165, 1.54) is 6.07 Å². The molecule has 1 aromatic carbocycles. The van der Waals surface area contributed by atoms with Gasteiger partial charge in [0.2, 0.25) is 0 Å². The van der Waals surface area contributed by atoms with Gasteiger partial charge in [0.15, 0.2) is 5.58 Å². The maximum Gasteiger partial charge on any atom is 0.336 e. The summed E-state index contributed by atoms with van der Waals surface area (Å²) < 4.78 is 17.9. The quantitative estimate of drug-likeness (QED) is 0.703. The normalized spacial score (nSPS) is 15.9. The Morgan fingerprint density at radius 1 is 1.32 bits per heavy atom. The molecule has 1 aliphatic heterocycles. The second-order valence-corrected chi connectivity index (χ2v) is 7.66. The zero-order chi connectivity index (χ0) is 20.5. The van der Waals surface area contributed by atoms with Crippen LogP contribution in [0.2, 0.25) is 0 Å². The lowest BCUT2D eigenvalue weighted by Gasteiger charge is -2.32. The smallest absolute Gasteiger partial charge is 0.336 e. The Balaban J connectivity index is 2.48. The second kappa shape index (κ2) is 7.97. The lowest BCUT2D eigenvalue weighted by atomic mass is 9.91. The molecule has 1 aliphatic rings. The number of nitrogens with two attached hydrogens (primary N) is 1. The van der Waals surface area contributed by atoms with Gasteiger partial charge in [0, 0.05) is 12.1 Å². The van der Waals surface area contributed by atoms with E-state index in [-0.39, 0.29) is 19.3 Å². The van der Waals surface area contributed by atoms with Crippen molar-refractivity contribution in [3.8, 4) is 11.5 Å². The summed E-state index contributed by atoms with van der Waals surface area (Å²) >= 11 is 0. The molecule has 0 saturated heterocycles. The Bertz CT molecular complexity index is 958. The number of rotatable bonds is 7. The van der Waals surface area contributed by atoms with Crippen molar-refractivity contribution in [1.82, 2.24) is 0 Å². The highest BCUT2D eigenvalue weighted by molar-refractivity contribution is 5.97. The van der Waals surface area contributed by atoms with Crippen molar-refractivity contribution in [2.75, 3.05) is 13.2 Å². The van der Waals surface area contributed by atoms with Gasteiger partial charge in [-0.25, -0.2) is 4.79 Å².